The molecule has 0 saturated heterocycles. The number of methoxy groups -OCH3 is 1. The second kappa shape index (κ2) is 8.44. The quantitative estimate of drug-likeness (QED) is 0.852. The van der Waals surface area contributed by atoms with Gasteiger partial charge in [-0.25, -0.2) is 0 Å². The lowest BCUT2D eigenvalue weighted by Crippen LogP contribution is -2.24. The summed E-state index contributed by atoms with van der Waals surface area (Å²) < 4.78 is 5.36. The van der Waals surface area contributed by atoms with Gasteiger partial charge in [0.25, 0.3) is 0 Å². The van der Waals surface area contributed by atoms with Crippen molar-refractivity contribution in [2.75, 3.05) is 12.9 Å². The van der Waals surface area contributed by atoms with Gasteiger partial charge in [0, 0.05) is 29.8 Å². The maximum Gasteiger partial charge on any atom is 0.230 e. The average Bonchev–Trinajstić information content (AvgIpc) is 2.58. The van der Waals surface area contributed by atoms with E-state index in [1.54, 1.807) is 31.3 Å². The van der Waals surface area contributed by atoms with Crippen molar-refractivity contribution in [1.29, 1.82) is 0 Å². The number of aromatic nitrogens is 1. The van der Waals surface area contributed by atoms with E-state index in [1.807, 2.05) is 36.4 Å². The monoisotopic (exact) mass is 316 g/mol. The fraction of sp³-hybridized carbons (Fsp3) is 0.294. The molecule has 0 fully saturated rings. The SMILES string of the molecule is COc1ccccc1[C@@H](C)SCC(=O)NCc1cccnc1. The zero-order chi connectivity index (χ0) is 15.8. The van der Waals surface area contributed by atoms with Crippen molar-refractivity contribution in [2.24, 2.45) is 0 Å². The van der Waals surface area contributed by atoms with Gasteiger partial charge in [0.05, 0.1) is 12.9 Å². The number of thioether (sulfide) groups is 1. The Morgan fingerprint density at radius 3 is 2.86 bits per heavy atom. The van der Waals surface area contributed by atoms with E-state index < -0.39 is 0 Å². The van der Waals surface area contributed by atoms with Crippen molar-refractivity contribution in [1.82, 2.24) is 10.3 Å². The molecule has 22 heavy (non-hydrogen) atoms. The van der Waals surface area contributed by atoms with Gasteiger partial charge in [0.15, 0.2) is 0 Å². The van der Waals surface area contributed by atoms with Crippen molar-refractivity contribution in [3.63, 3.8) is 0 Å². The molecule has 0 unspecified atom stereocenters. The molecule has 0 bridgehead atoms. The Kier molecular flexibility index (Phi) is 6.27. The van der Waals surface area contributed by atoms with E-state index in [4.69, 9.17) is 4.74 Å². The summed E-state index contributed by atoms with van der Waals surface area (Å²) in [5.41, 5.74) is 2.11. The Morgan fingerprint density at radius 1 is 1.32 bits per heavy atom. The van der Waals surface area contributed by atoms with Crippen LogP contribution in [0.5, 0.6) is 5.75 Å². The molecule has 0 saturated carbocycles. The summed E-state index contributed by atoms with van der Waals surface area (Å²) in [4.78, 5) is 15.9. The largest absolute Gasteiger partial charge is 0.496 e. The van der Waals surface area contributed by atoms with Crippen LogP contribution in [-0.2, 0) is 11.3 Å². The maximum absolute atomic E-state index is 11.9. The van der Waals surface area contributed by atoms with E-state index in [1.165, 1.54) is 0 Å². The topological polar surface area (TPSA) is 51.2 Å². The van der Waals surface area contributed by atoms with Crippen molar-refractivity contribution in [3.8, 4) is 5.75 Å². The zero-order valence-corrected chi connectivity index (χ0v) is 13.6. The van der Waals surface area contributed by atoms with E-state index in [2.05, 4.69) is 17.2 Å². The number of ether oxygens (including phenoxy) is 1. The molecule has 1 N–H and O–H groups in total. The fourth-order valence-electron chi connectivity index (χ4n) is 2.05. The molecule has 1 amide bonds. The first kappa shape index (κ1) is 16.4. The first-order valence-electron chi connectivity index (χ1n) is 7.11. The second-order valence-electron chi connectivity index (χ2n) is 4.83. The minimum Gasteiger partial charge on any atom is -0.496 e. The molecule has 1 aromatic heterocycles. The molecule has 4 nitrogen and oxygen atoms in total. The van der Waals surface area contributed by atoms with Gasteiger partial charge in [-0.05, 0) is 24.6 Å². The molecule has 1 atom stereocenters. The molecule has 2 rings (SSSR count). The number of nitrogens with zero attached hydrogens (tertiary/aromatic N) is 1. The first-order valence-corrected chi connectivity index (χ1v) is 8.15. The molecule has 0 radical (unpaired) electrons. The number of amides is 1. The van der Waals surface area contributed by atoms with Crippen molar-refractivity contribution < 1.29 is 9.53 Å². The van der Waals surface area contributed by atoms with Gasteiger partial charge in [0.2, 0.25) is 5.91 Å². The number of pyridine rings is 1. The molecule has 0 aliphatic rings. The maximum atomic E-state index is 11.9. The summed E-state index contributed by atoms with van der Waals surface area (Å²) in [5, 5.41) is 3.10. The van der Waals surface area contributed by atoms with Crippen molar-refractivity contribution >= 4 is 17.7 Å². The predicted octanol–water partition coefficient (Wildman–Crippen LogP) is 3.20. The molecule has 0 aliphatic carbocycles. The summed E-state index contributed by atoms with van der Waals surface area (Å²) >= 11 is 1.59. The zero-order valence-electron chi connectivity index (χ0n) is 12.8. The van der Waals surface area contributed by atoms with E-state index in [-0.39, 0.29) is 11.2 Å². The van der Waals surface area contributed by atoms with Crippen molar-refractivity contribution in [2.45, 2.75) is 18.7 Å². The number of rotatable bonds is 7. The Labute approximate surface area is 135 Å². The first-order chi connectivity index (χ1) is 10.7. The van der Waals surface area contributed by atoms with Crippen LogP contribution in [0.25, 0.3) is 0 Å². The number of benzene rings is 1. The third-order valence-electron chi connectivity index (χ3n) is 3.25. The lowest BCUT2D eigenvalue weighted by molar-refractivity contribution is -0.118. The Bertz CT molecular complexity index is 605. The van der Waals surface area contributed by atoms with Gasteiger partial charge in [-0.1, -0.05) is 24.3 Å². The molecular formula is C17H20N2O2S. The standard InChI is InChI=1S/C17H20N2O2S/c1-13(15-7-3-4-8-16(15)21-2)22-12-17(20)19-11-14-6-5-9-18-10-14/h3-10,13H,11-12H2,1-2H3,(H,19,20)/t13-/m1/s1. The second-order valence-corrected chi connectivity index (χ2v) is 6.16. The van der Waals surface area contributed by atoms with Crippen molar-refractivity contribution in [3.05, 3.63) is 59.9 Å². The third kappa shape index (κ3) is 4.77. The van der Waals surface area contributed by atoms with Crippen LogP contribution in [0.4, 0.5) is 0 Å². The summed E-state index contributed by atoms with van der Waals surface area (Å²) in [6.07, 6.45) is 3.47. The lowest BCUT2D eigenvalue weighted by Gasteiger charge is -2.15. The average molecular weight is 316 g/mol. The number of para-hydroxylation sites is 1. The highest BCUT2D eigenvalue weighted by Gasteiger charge is 2.13. The van der Waals surface area contributed by atoms with Crippen LogP contribution in [0.3, 0.4) is 0 Å². The summed E-state index contributed by atoms with van der Waals surface area (Å²) in [6, 6.07) is 11.7. The van der Waals surface area contributed by atoms with Crippen LogP contribution >= 0.6 is 11.8 Å². The molecule has 2 aromatic rings. The normalized spacial score (nSPS) is 11.7. The fourth-order valence-corrected chi connectivity index (χ4v) is 2.92. The molecule has 1 aromatic carbocycles. The molecule has 116 valence electrons. The summed E-state index contributed by atoms with van der Waals surface area (Å²) in [7, 11) is 1.66. The molecule has 1 heterocycles. The minimum atomic E-state index is 0.0237. The van der Waals surface area contributed by atoms with Gasteiger partial charge < -0.3 is 10.1 Å². The Morgan fingerprint density at radius 2 is 2.14 bits per heavy atom. The highest BCUT2D eigenvalue weighted by Crippen LogP contribution is 2.34. The summed E-state index contributed by atoms with van der Waals surface area (Å²) in [6.45, 7) is 2.59. The molecule has 0 spiro atoms. The van der Waals surface area contributed by atoms with Crippen LogP contribution in [0, 0.1) is 0 Å². The van der Waals surface area contributed by atoms with Crippen LogP contribution in [-0.4, -0.2) is 23.8 Å². The number of carbonyl (C=O) groups excluding carboxylic acids is 1. The van der Waals surface area contributed by atoms with Gasteiger partial charge >= 0.3 is 0 Å². The smallest absolute Gasteiger partial charge is 0.230 e. The highest BCUT2D eigenvalue weighted by molar-refractivity contribution is 8.00. The highest BCUT2D eigenvalue weighted by atomic mass is 32.2. The number of hydrogen-bond acceptors (Lipinski definition) is 4. The molecule has 5 heteroatoms. The van der Waals surface area contributed by atoms with E-state index in [9.17, 15) is 4.79 Å². The van der Waals surface area contributed by atoms with E-state index in [0.717, 1.165) is 16.9 Å². The van der Waals surface area contributed by atoms with Gasteiger partial charge in [-0.2, -0.15) is 0 Å². The van der Waals surface area contributed by atoms with E-state index >= 15 is 0 Å². The van der Waals surface area contributed by atoms with E-state index in [0.29, 0.717) is 12.3 Å². The Hall–Kier alpha value is -2.01. The van der Waals surface area contributed by atoms with Crippen LogP contribution in [0.2, 0.25) is 0 Å². The van der Waals surface area contributed by atoms with Gasteiger partial charge in [-0.15, -0.1) is 11.8 Å². The molecule has 0 aliphatic heterocycles. The molecular weight excluding hydrogens is 296 g/mol. The van der Waals surface area contributed by atoms with Gasteiger partial charge in [-0.3, -0.25) is 9.78 Å². The Balaban J connectivity index is 1.80. The van der Waals surface area contributed by atoms with Crippen LogP contribution in [0.15, 0.2) is 48.8 Å². The minimum absolute atomic E-state index is 0.0237. The summed E-state index contributed by atoms with van der Waals surface area (Å²) in [5.74, 6) is 1.30. The van der Waals surface area contributed by atoms with Crippen LogP contribution in [0.1, 0.15) is 23.3 Å². The lowest BCUT2D eigenvalue weighted by atomic mass is 10.1. The number of carbonyl (C=O) groups is 1. The number of nitrogens with one attached hydrogen (secondary N) is 1. The predicted molar refractivity (Wildman–Crippen MR) is 90.0 cm³/mol. The number of hydrogen-bond donors (Lipinski definition) is 1. The van der Waals surface area contributed by atoms with Crippen LogP contribution < -0.4 is 10.1 Å². The van der Waals surface area contributed by atoms with Gasteiger partial charge in [0.1, 0.15) is 5.75 Å². The third-order valence-corrected chi connectivity index (χ3v) is 4.44.